The van der Waals surface area contributed by atoms with Crippen LogP contribution >= 0.6 is 11.6 Å². The van der Waals surface area contributed by atoms with Gasteiger partial charge in [-0.15, -0.1) is 0 Å². The Bertz CT molecular complexity index is 499. The average molecular weight is 251 g/mol. The van der Waals surface area contributed by atoms with Crippen LogP contribution in [0.5, 0.6) is 0 Å². The number of hydrogen-bond acceptors (Lipinski definition) is 2. The first-order valence-electron chi connectivity index (χ1n) is 5.23. The number of aromatic nitrogens is 1. The Balaban J connectivity index is 2.11. The van der Waals surface area contributed by atoms with Crippen molar-refractivity contribution in [1.82, 2.24) is 4.98 Å². The van der Waals surface area contributed by atoms with Crippen LogP contribution in [0.1, 0.15) is 5.56 Å². The van der Waals surface area contributed by atoms with Crippen molar-refractivity contribution in [2.24, 2.45) is 0 Å². The van der Waals surface area contributed by atoms with Crippen LogP contribution in [-0.2, 0) is 6.54 Å². The first-order valence-corrected chi connectivity index (χ1v) is 5.61. The molecule has 0 saturated carbocycles. The molecular formula is C13H12ClFN2. The van der Waals surface area contributed by atoms with Crippen molar-refractivity contribution >= 4 is 17.4 Å². The van der Waals surface area contributed by atoms with Gasteiger partial charge < -0.3 is 4.90 Å². The van der Waals surface area contributed by atoms with Crippen LogP contribution in [0.15, 0.2) is 42.5 Å². The summed E-state index contributed by atoms with van der Waals surface area (Å²) in [7, 11) is 1.92. The molecule has 0 N–H and O–H groups in total. The first-order chi connectivity index (χ1) is 8.15. The summed E-state index contributed by atoms with van der Waals surface area (Å²) in [4.78, 5) is 6.16. The molecule has 2 rings (SSSR count). The molecule has 0 fully saturated rings. The van der Waals surface area contributed by atoms with E-state index >= 15 is 0 Å². The van der Waals surface area contributed by atoms with E-state index in [1.54, 1.807) is 18.2 Å². The Labute approximate surface area is 105 Å². The predicted molar refractivity (Wildman–Crippen MR) is 67.8 cm³/mol. The van der Waals surface area contributed by atoms with Crippen LogP contribution in [0.2, 0.25) is 5.15 Å². The highest BCUT2D eigenvalue weighted by molar-refractivity contribution is 6.29. The maximum atomic E-state index is 12.8. The van der Waals surface area contributed by atoms with Crippen molar-refractivity contribution in [3.8, 4) is 0 Å². The Hall–Kier alpha value is -1.61. The minimum Gasteiger partial charge on any atom is -0.355 e. The lowest BCUT2D eigenvalue weighted by atomic mass is 10.2. The van der Waals surface area contributed by atoms with Crippen LogP contribution in [0.25, 0.3) is 0 Å². The number of rotatable bonds is 3. The second-order valence-electron chi connectivity index (χ2n) is 3.80. The molecule has 0 bridgehead atoms. The largest absolute Gasteiger partial charge is 0.355 e. The van der Waals surface area contributed by atoms with E-state index in [4.69, 9.17) is 11.6 Å². The number of anilines is 1. The fourth-order valence-electron chi connectivity index (χ4n) is 1.55. The zero-order valence-electron chi connectivity index (χ0n) is 9.40. The highest BCUT2D eigenvalue weighted by Crippen LogP contribution is 2.15. The minimum atomic E-state index is -0.225. The summed E-state index contributed by atoms with van der Waals surface area (Å²) >= 11 is 5.83. The third-order valence-electron chi connectivity index (χ3n) is 2.42. The van der Waals surface area contributed by atoms with Gasteiger partial charge in [0, 0.05) is 13.6 Å². The van der Waals surface area contributed by atoms with E-state index in [1.807, 2.05) is 24.1 Å². The molecule has 2 aromatic rings. The monoisotopic (exact) mass is 250 g/mol. The molecule has 1 aromatic heterocycles. The average Bonchev–Trinajstić information content (AvgIpc) is 2.32. The van der Waals surface area contributed by atoms with Crippen LogP contribution in [0, 0.1) is 5.82 Å². The quantitative estimate of drug-likeness (QED) is 0.775. The van der Waals surface area contributed by atoms with E-state index < -0.39 is 0 Å². The van der Waals surface area contributed by atoms with Gasteiger partial charge in [0.1, 0.15) is 16.8 Å². The predicted octanol–water partition coefficient (Wildman–Crippen LogP) is 3.51. The molecule has 0 amide bonds. The summed E-state index contributed by atoms with van der Waals surface area (Å²) < 4.78 is 12.8. The summed E-state index contributed by atoms with van der Waals surface area (Å²) in [5.74, 6) is 0.569. The third kappa shape index (κ3) is 3.17. The molecule has 0 saturated heterocycles. The van der Waals surface area contributed by atoms with E-state index in [-0.39, 0.29) is 5.82 Å². The molecule has 1 heterocycles. The minimum absolute atomic E-state index is 0.225. The van der Waals surface area contributed by atoms with Gasteiger partial charge in [-0.05, 0) is 29.8 Å². The van der Waals surface area contributed by atoms with Gasteiger partial charge in [-0.3, -0.25) is 0 Å². The molecule has 0 radical (unpaired) electrons. The zero-order chi connectivity index (χ0) is 12.3. The van der Waals surface area contributed by atoms with Gasteiger partial charge in [0.15, 0.2) is 0 Å². The topological polar surface area (TPSA) is 16.1 Å². The fourth-order valence-corrected chi connectivity index (χ4v) is 1.71. The molecule has 17 heavy (non-hydrogen) atoms. The highest BCUT2D eigenvalue weighted by Gasteiger charge is 2.04. The summed E-state index contributed by atoms with van der Waals surface area (Å²) in [6.07, 6.45) is 0. The zero-order valence-corrected chi connectivity index (χ0v) is 10.2. The lowest BCUT2D eigenvalue weighted by Gasteiger charge is -2.18. The van der Waals surface area contributed by atoms with Gasteiger partial charge >= 0.3 is 0 Å². The number of halogens is 2. The smallest absolute Gasteiger partial charge is 0.131 e. The molecule has 0 unspecified atom stereocenters. The van der Waals surface area contributed by atoms with Gasteiger partial charge in [0.2, 0.25) is 0 Å². The van der Waals surface area contributed by atoms with Crippen molar-refractivity contribution in [3.05, 3.63) is 59.0 Å². The lowest BCUT2D eigenvalue weighted by molar-refractivity contribution is 0.627. The van der Waals surface area contributed by atoms with Crippen LogP contribution in [-0.4, -0.2) is 12.0 Å². The summed E-state index contributed by atoms with van der Waals surface area (Å²) in [6.45, 7) is 0.660. The third-order valence-corrected chi connectivity index (χ3v) is 2.64. The lowest BCUT2D eigenvalue weighted by Crippen LogP contribution is -2.17. The Morgan fingerprint density at radius 2 is 1.88 bits per heavy atom. The second-order valence-corrected chi connectivity index (χ2v) is 4.19. The molecule has 2 nitrogen and oxygen atoms in total. The number of pyridine rings is 1. The van der Waals surface area contributed by atoms with Gasteiger partial charge in [-0.1, -0.05) is 29.8 Å². The van der Waals surface area contributed by atoms with E-state index in [0.29, 0.717) is 11.7 Å². The first kappa shape index (κ1) is 11.9. The van der Waals surface area contributed by atoms with Gasteiger partial charge in [0.05, 0.1) is 0 Å². The van der Waals surface area contributed by atoms with E-state index in [0.717, 1.165) is 11.4 Å². The molecule has 0 spiro atoms. The summed E-state index contributed by atoms with van der Waals surface area (Å²) in [6, 6.07) is 11.9. The number of nitrogens with zero attached hydrogens (tertiary/aromatic N) is 2. The van der Waals surface area contributed by atoms with Crippen LogP contribution in [0.3, 0.4) is 0 Å². The Morgan fingerprint density at radius 1 is 1.18 bits per heavy atom. The Kier molecular flexibility index (Phi) is 3.59. The van der Waals surface area contributed by atoms with Crippen molar-refractivity contribution in [3.63, 3.8) is 0 Å². The van der Waals surface area contributed by atoms with Crippen molar-refractivity contribution in [2.75, 3.05) is 11.9 Å². The molecule has 0 atom stereocenters. The van der Waals surface area contributed by atoms with Crippen molar-refractivity contribution in [1.29, 1.82) is 0 Å². The summed E-state index contributed by atoms with van der Waals surface area (Å²) in [5, 5.41) is 0.466. The molecule has 0 aliphatic heterocycles. The maximum Gasteiger partial charge on any atom is 0.131 e. The molecular weight excluding hydrogens is 239 g/mol. The molecule has 0 aliphatic rings. The van der Waals surface area contributed by atoms with E-state index in [2.05, 4.69) is 4.98 Å². The second kappa shape index (κ2) is 5.15. The molecule has 1 aromatic carbocycles. The van der Waals surface area contributed by atoms with Crippen molar-refractivity contribution < 1.29 is 4.39 Å². The number of hydrogen-bond donors (Lipinski definition) is 0. The normalized spacial score (nSPS) is 10.3. The fraction of sp³-hybridized carbons (Fsp3) is 0.154. The van der Waals surface area contributed by atoms with Gasteiger partial charge in [0.25, 0.3) is 0 Å². The highest BCUT2D eigenvalue weighted by atomic mass is 35.5. The standard InChI is InChI=1S/C13H12ClFN2/c1-17(13-4-2-3-12(14)16-13)9-10-5-7-11(15)8-6-10/h2-8H,9H2,1H3. The van der Waals surface area contributed by atoms with Crippen LogP contribution < -0.4 is 4.90 Å². The molecule has 88 valence electrons. The van der Waals surface area contributed by atoms with Crippen LogP contribution in [0.4, 0.5) is 10.2 Å². The number of benzene rings is 1. The maximum absolute atomic E-state index is 12.8. The molecule has 4 heteroatoms. The van der Waals surface area contributed by atoms with E-state index in [9.17, 15) is 4.39 Å². The molecule has 0 aliphatic carbocycles. The van der Waals surface area contributed by atoms with Gasteiger partial charge in [-0.25, -0.2) is 9.37 Å². The Morgan fingerprint density at radius 3 is 2.53 bits per heavy atom. The summed E-state index contributed by atoms with van der Waals surface area (Å²) in [5.41, 5.74) is 1.02. The van der Waals surface area contributed by atoms with Crippen molar-refractivity contribution in [2.45, 2.75) is 6.54 Å². The van der Waals surface area contributed by atoms with E-state index in [1.165, 1.54) is 12.1 Å². The SMILES string of the molecule is CN(Cc1ccc(F)cc1)c1cccc(Cl)n1. The van der Waals surface area contributed by atoms with Gasteiger partial charge in [-0.2, -0.15) is 0 Å².